The van der Waals surface area contributed by atoms with Gasteiger partial charge in [0.05, 0.1) is 20.4 Å². The third kappa shape index (κ3) is 5.62. The number of nitrogens with one attached hydrogen (secondary N) is 2. The van der Waals surface area contributed by atoms with Crippen LogP contribution in [0.25, 0.3) is 0 Å². The van der Waals surface area contributed by atoms with E-state index in [1.807, 2.05) is 34.6 Å². The fraction of sp³-hybridized carbons (Fsp3) is 0.857. The van der Waals surface area contributed by atoms with Crippen molar-refractivity contribution in [3.8, 4) is 0 Å². The molecule has 0 aromatic carbocycles. The predicted octanol–water partition coefficient (Wildman–Crippen LogP) is 1.68. The predicted molar refractivity (Wildman–Crippen MR) is 118 cm³/mol. The lowest BCUT2D eigenvalue weighted by molar-refractivity contribution is -0.214. The van der Waals surface area contributed by atoms with Crippen molar-refractivity contribution in [3.63, 3.8) is 0 Å². The summed E-state index contributed by atoms with van der Waals surface area (Å²) in [6, 6.07) is -0.608. The summed E-state index contributed by atoms with van der Waals surface area (Å²) in [6.07, 6.45) is 3.12. The first-order valence-electron chi connectivity index (χ1n) is 10.7. The zero-order chi connectivity index (χ0) is 23.0. The van der Waals surface area contributed by atoms with Gasteiger partial charge in [-0.2, -0.15) is 5.10 Å². The SMILES string of the molecule is [B]C(C)(C)/C=N\N1CC(C)([C@@]2(C)CC(N[C@@](C)(O)OCC)C=C[C@@H]2F)N[C@@H](O)[C@@H]1C. The monoisotopic (exact) mass is 424 g/mol. The van der Waals surface area contributed by atoms with Crippen molar-refractivity contribution in [2.45, 2.75) is 96.1 Å². The van der Waals surface area contributed by atoms with Crippen molar-refractivity contribution >= 4 is 14.1 Å². The number of allylic oxidation sites excluding steroid dienone is 1. The van der Waals surface area contributed by atoms with Crippen LogP contribution in [0.1, 0.15) is 54.9 Å². The lowest BCUT2D eigenvalue weighted by atomic mass is 9.62. The van der Waals surface area contributed by atoms with Gasteiger partial charge in [0.25, 0.3) is 0 Å². The van der Waals surface area contributed by atoms with Crippen LogP contribution in [0.15, 0.2) is 17.3 Å². The molecule has 7 atom stereocenters. The number of aliphatic hydroxyl groups excluding tert-OH is 1. The van der Waals surface area contributed by atoms with E-state index in [0.29, 0.717) is 19.6 Å². The van der Waals surface area contributed by atoms with Crippen LogP contribution >= 0.6 is 0 Å². The molecule has 0 spiro atoms. The number of hydrogen-bond donors (Lipinski definition) is 4. The van der Waals surface area contributed by atoms with E-state index < -0.39 is 34.6 Å². The summed E-state index contributed by atoms with van der Waals surface area (Å²) >= 11 is 0. The highest BCUT2D eigenvalue weighted by molar-refractivity contribution is 6.24. The van der Waals surface area contributed by atoms with Gasteiger partial charge >= 0.3 is 0 Å². The summed E-state index contributed by atoms with van der Waals surface area (Å²) in [5.74, 6) is -1.52. The molecule has 30 heavy (non-hydrogen) atoms. The van der Waals surface area contributed by atoms with Gasteiger partial charge in [-0.25, -0.2) is 4.39 Å². The van der Waals surface area contributed by atoms with Gasteiger partial charge in [0, 0.05) is 36.7 Å². The van der Waals surface area contributed by atoms with Gasteiger partial charge in [-0.1, -0.05) is 32.9 Å². The molecule has 9 heteroatoms. The molecule has 1 aliphatic carbocycles. The van der Waals surface area contributed by atoms with E-state index >= 15 is 4.39 Å². The molecule has 1 fully saturated rings. The smallest absolute Gasteiger partial charge is 0.222 e. The maximum Gasteiger partial charge on any atom is 0.222 e. The number of aliphatic hydroxyl groups is 2. The van der Waals surface area contributed by atoms with Crippen molar-refractivity contribution < 1.29 is 19.3 Å². The molecule has 1 aliphatic heterocycles. The first-order valence-corrected chi connectivity index (χ1v) is 10.7. The van der Waals surface area contributed by atoms with E-state index in [0.717, 1.165) is 0 Å². The number of alkyl halides is 1. The first kappa shape index (κ1) is 25.3. The van der Waals surface area contributed by atoms with Crippen LogP contribution in [0.3, 0.4) is 0 Å². The molecule has 2 aliphatic rings. The Bertz CT molecular complexity index is 657. The Morgan fingerprint density at radius 3 is 2.60 bits per heavy atom. The maximum absolute atomic E-state index is 15.3. The third-order valence-corrected chi connectivity index (χ3v) is 6.31. The highest BCUT2D eigenvalue weighted by Crippen LogP contribution is 2.46. The zero-order valence-corrected chi connectivity index (χ0v) is 19.3. The Morgan fingerprint density at radius 1 is 1.40 bits per heavy atom. The molecule has 7 nitrogen and oxygen atoms in total. The van der Waals surface area contributed by atoms with Crippen LogP contribution in [0, 0.1) is 5.41 Å². The number of hydrogen-bond acceptors (Lipinski definition) is 7. The Labute approximate surface area is 181 Å². The molecule has 2 unspecified atom stereocenters. The Balaban J connectivity index is 2.29. The molecular formula is C21H38BFN4O3. The minimum Gasteiger partial charge on any atom is -0.376 e. The van der Waals surface area contributed by atoms with Crippen LogP contribution in [0.4, 0.5) is 4.39 Å². The second-order valence-corrected chi connectivity index (χ2v) is 9.90. The van der Waals surface area contributed by atoms with E-state index in [1.165, 1.54) is 13.0 Å². The van der Waals surface area contributed by atoms with Gasteiger partial charge in [-0.3, -0.25) is 15.6 Å². The van der Waals surface area contributed by atoms with Crippen LogP contribution in [0.2, 0.25) is 5.31 Å². The number of piperazine rings is 1. The van der Waals surface area contributed by atoms with Gasteiger partial charge < -0.3 is 14.9 Å². The van der Waals surface area contributed by atoms with Gasteiger partial charge in [0.2, 0.25) is 5.91 Å². The fourth-order valence-corrected chi connectivity index (χ4v) is 4.22. The Morgan fingerprint density at radius 2 is 2.03 bits per heavy atom. The van der Waals surface area contributed by atoms with Crippen molar-refractivity contribution in [2.75, 3.05) is 13.2 Å². The van der Waals surface area contributed by atoms with Crippen LogP contribution < -0.4 is 10.6 Å². The molecule has 2 rings (SSSR count). The molecule has 0 saturated carbocycles. The van der Waals surface area contributed by atoms with Gasteiger partial charge in [0.1, 0.15) is 12.4 Å². The number of halogens is 1. The molecule has 0 amide bonds. The number of rotatable bonds is 7. The molecule has 1 saturated heterocycles. The summed E-state index contributed by atoms with van der Waals surface area (Å²) in [6.45, 7) is 13.3. The zero-order valence-electron chi connectivity index (χ0n) is 19.3. The van der Waals surface area contributed by atoms with Gasteiger partial charge in [0.15, 0.2) is 0 Å². The molecule has 2 radical (unpaired) electrons. The summed E-state index contributed by atoms with van der Waals surface area (Å²) in [5.41, 5.74) is -1.70. The van der Waals surface area contributed by atoms with Gasteiger partial charge in [-0.15, -0.1) is 0 Å². The average Bonchev–Trinajstić information content (AvgIpc) is 2.59. The minimum atomic E-state index is -1.52. The highest BCUT2D eigenvalue weighted by atomic mass is 19.1. The molecule has 0 aromatic heterocycles. The fourth-order valence-electron chi connectivity index (χ4n) is 4.22. The number of hydrazone groups is 1. The molecule has 4 N–H and O–H groups in total. The summed E-state index contributed by atoms with van der Waals surface area (Å²) < 4.78 is 20.7. The maximum atomic E-state index is 15.3. The minimum absolute atomic E-state index is 0.301. The van der Waals surface area contributed by atoms with Crippen LogP contribution in [-0.4, -0.2) is 78.4 Å². The highest BCUT2D eigenvalue weighted by Gasteiger charge is 2.56. The molecule has 170 valence electrons. The van der Waals surface area contributed by atoms with Crippen molar-refractivity contribution in [1.29, 1.82) is 0 Å². The third-order valence-electron chi connectivity index (χ3n) is 6.31. The van der Waals surface area contributed by atoms with E-state index in [-0.39, 0.29) is 12.1 Å². The standard InChI is InChI=1S/C21H38BFN4O3/c1-8-30-21(7,29)25-15-9-10-16(23)19(5,11-15)20(6)13-27(14(2)17(28)26-20)24-12-18(3,4)22/h9-10,12,14-17,25-26,28-29H,8,11,13H2,1-7H3/b24-12-/t14-,15?,16-,17-,19-,20?,21-/m0/s1. The number of nitrogens with zero attached hydrogens (tertiary/aromatic N) is 2. The normalized spacial score (nSPS) is 40.0. The quantitative estimate of drug-likeness (QED) is 0.215. The summed E-state index contributed by atoms with van der Waals surface area (Å²) in [7, 11) is 6.03. The topological polar surface area (TPSA) is 89.4 Å². The Kier molecular flexibility index (Phi) is 7.46. The van der Waals surface area contributed by atoms with E-state index in [9.17, 15) is 10.2 Å². The lowest BCUT2D eigenvalue weighted by Gasteiger charge is -2.57. The number of ether oxygens (including phenoxy) is 1. The van der Waals surface area contributed by atoms with Crippen LogP contribution in [0.5, 0.6) is 0 Å². The van der Waals surface area contributed by atoms with E-state index in [2.05, 4.69) is 15.7 Å². The van der Waals surface area contributed by atoms with Gasteiger partial charge in [-0.05, 0) is 32.5 Å². The van der Waals surface area contributed by atoms with E-state index in [4.69, 9.17) is 12.6 Å². The average molecular weight is 424 g/mol. The molecule has 0 bridgehead atoms. The van der Waals surface area contributed by atoms with E-state index in [1.54, 1.807) is 24.2 Å². The van der Waals surface area contributed by atoms with Crippen molar-refractivity contribution in [2.24, 2.45) is 10.5 Å². The molecule has 1 heterocycles. The molecule has 0 aromatic rings. The van der Waals surface area contributed by atoms with Crippen molar-refractivity contribution in [1.82, 2.24) is 15.6 Å². The molecular weight excluding hydrogens is 386 g/mol. The van der Waals surface area contributed by atoms with Crippen molar-refractivity contribution in [3.05, 3.63) is 12.2 Å². The second-order valence-electron chi connectivity index (χ2n) is 9.90. The Hall–Kier alpha value is -0.995. The van der Waals surface area contributed by atoms with Crippen LogP contribution in [-0.2, 0) is 4.74 Å². The summed E-state index contributed by atoms with van der Waals surface area (Å²) in [4.78, 5) is 0. The lowest BCUT2D eigenvalue weighted by Crippen LogP contribution is -2.73. The summed E-state index contributed by atoms with van der Waals surface area (Å²) in [5, 5.41) is 33.0. The largest absolute Gasteiger partial charge is 0.376 e. The second kappa shape index (κ2) is 8.86. The first-order chi connectivity index (χ1) is 13.6.